The molecule has 1 rings (SSSR count). The van der Waals surface area contributed by atoms with Gasteiger partial charge in [0.1, 0.15) is 0 Å². The second kappa shape index (κ2) is 3.65. The summed E-state index contributed by atoms with van der Waals surface area (Å²) in [5.74, 6) is 0. The van der Waals surface area contributed by atoms with E-state index in [-0.39, 0.29) is 0 Å². The van der Waals surface area contributed by atoms with Crippen LogP contribution in [-0.2, 0) is 0 Å². The van der Waals surface area contributed by atoms with E-state index in [2.05, 4.69) is 31.0 Å². The van der Waals surface area contributed by atoms with Gasteiger partial charge in [0.15, 0.2) is 0 Å². The maximum Gasteiger partial charge on any atom is 0.0256 e. The van der Waals surface area contributed by atoms with Crippen molar-refractivity contribution >= 4 is 0 Å². The normalized spacial score (nSPS) is 27.8. The molecule has 0 aliphatic carbocycles. The molecule has 0 amide bonds. The molecule has 0 aromatic carbocycles. The van der Waals surface area contributed by atoms with Crippen LogP contribution in [0.5, 0.6) is 0 Å². The van der Waals surface area contributed by atoms with Crippen LogP contribution >= 0.6 is 0 Å². The minimum absolute atomic E-state index is 0.768. The number of piperidine rings is 1. The maximum absolute atomic E-state index is 2.43. The van der Waals surface area contributed by atoms with Gasteiger partial charge in [0.05, 0.1) is 0 Å². The number of likely N-dealkylation sites (tertiary alicyclic amines) is 1. The van der Waals surface area contributed by atoms with E-state index in [1.54, 1.807) is 0 Å². The molecule has 0 saturated carbocycles. The molecule has 0 radical (unpaired) electrons. The fourth-order valence-electron chi connectivity index (χ4n) is 1.53. The van der Waals surface area contributed by atoms with Crippen molar-refractivity contribution in [2.45, 2.75) is 39.2 Å². The zero-order valence-electron chi connectivity index (χ0n) is 7.01. The first-order chi connectivity index (χ1) is 4.84. The Bertz CT molecular complexity index is 118. The van der Waals surface area contributed by atoms with E-state index in [4.69, 9.17) is 0 Å². The van der Waals surface area contributed by atoms with E-state index < -0.39 is 0 Å². The number of allylic oxidation sites excluding steroid dienone is 1. The Labute approximate surface area is 63.7 Å². The molecule has 1 atom stereocenters. The molecular formula is C9H17N. The highest BCUT2D eigenvalue weighted by Crippen LogP contribution is 2.15. The first kappa shape index (κ1) is 7.64. The average Bonchev–Trinajstić information content (AvgIpc) is 1.94. The van der Waals surface area contributed by atoms with Crippen molar-refractivity contribution in [2.24, 2.45) is 0 Å². The van der Waals surface area contributed by atoms with Crippen LogP contribution < -0.4 is 0 Å². The quantitative estimate of drug-likeness (QED) is 0.539. The number of hydrogen-bond acceptors (Lipinski definition) is 1. The largest absolute Gasteiger partial charge is 0.375 e. The molecule has 1 heterocycles. The Morgan fingerprint density at radius 2 is 2.20 bits per heavy atom. The van der Waals surface area contributed by atoms with Crippen LogP contribution in [0.15, 0.2) is 12.3 Å². The topological polar surface area (TPSA) is 3.24 Å². The van der Waals surface area contributed by atoms with Gasteiger partial charge in [-0.1, -0.05) is 6.08 Å². The van der Waals surface area contributed by atoms with E-state index in [0.29, 0.717) is 0 Å². The molecule has 1 saturated heterocycles. The molecule has 1 aliphatic heterocycles. The fourth-order valence-corrected chi connectivity index (χ4v) is 1.53. The Hall–Kier alpha value is -0.460. The van der Waals surface area contributed by atoms with Crippen LogP contribution in [0.3, 0.4) is 0 Å². The molecule has 1 fully saturated rings. The molecule has 58 valence electrons. The predicted octanol–water partition coefficient (Wildman–Crippen LogP) is 2.39. The first-order valence-corrected chi connectivity index (χ1v) is 4.23. The molecule has 1 heteroatoms. The summed E-state index contributed by atoms with van der Waals surface area (Å²) in [6.07, 6.45) is 8.49. The standard InChI is InChI=1S/C9H17N/c1-3-7-10-8-5-4-6-9(10)2/h3,7,9H,4-6,8H2,1-2H3. The first-order valence-electron chi connectivity index (χ1n) is 4.23. The predicted molar refractivity (Wildman–Crippen MR) is 44.8 cm³/mol. The third kappa shape index (κ3) is 1.76. The summed E-state index contributed by atoms with van der Waals surface area (Å²) < 4.78 is 0. The summed E-state index contributed by atoms with van der Waals surface area (Å²) >= 11 is 0. The summed E-state index contributed by atoms with van der Waals surface area (Å²) in [5, 5.41) is 0. The Balaban J connectivity index is 2.39. The van der Waals surface area contributed by atoms with Gasteiger partial charge in [-0.15, -0.1) is 0 Å². The molecule has 0 spiro atoms. The van der Waals surface area contributed by atoms with Gasteiger partial charge in [-0.3, -0.25) is 0 Å². The molecule has 1 aliphatic rings. The van der Waals surface area contributed by atoms with Crippen molar-refractivity contribution in [3.8, 4) is 0 Å². The van der Waals surface area contributed by atoms with Gasteiger partial charge >= 0.3 is 0 Å². The molecular weight excluding hydrogens is 122 g/mol. The number of nitrogens with zero attached hydrogens (tertiary/aromatic N) is 1. The maximum atomic E-state index is 2.43. The fraction of sp³-hybridized carbons (Fsp3) is 0.778. The third-order valence-electron chi connectivity index (χ3n) is 2.19. The summed E-state index contributed by atoms with van der Waals surface area (Å²) in [6, 6.07) is 0.768. The Morgan fingerprint density at radius 1 is 1.40 bits per heavy atom. The van der Waals surface area contributed by atoms with Gasteiger partial charge in [-0.05, 0) is 39.3 Å². The zero-order valence-corrected chi connectivity index (χ0v) is 7.01. The van der Waals surface area contributed by atoms with E-state index in [1.807, 2.05) is 0 Å². The van der Waals surface area contributed by atoms with E-state index >= 15 is 0 Å². The lowest BCUT2D eigenvalue weighted by atomic mass is 10.0. The number of rotatable bonds is 1. The van der Waals surface area contributed by atoms with E-state index in [0.717, 1.165) is 6.04 Å². The SMILES string of the molecule is CC=CN1CCCCC1C. The van der Waals surface area contributed by atoms with Crippen LogP contribution in [0.2, 0.25) is 0 Å². The third-order valence-corrected chi connectivity index (χ3v) is 2.19. The van der Waals surface area contributed by atoms with Crippen LogP contribution in [-0.4, -0.2) is 17.5 Å². The van der Waals surface area contributed by atoms with Crippen molar-refractivity contribution in [3.05, 3.63) is 12.3 Å². The van der Waals surface area contributed by atoms with Gasteiger partial charge in [0, 0.05) is 12.6 Å². The van der Waals surface area contributed by atoms with Gasteiger partial charge in [-0.2, -0.15) is 0 Å². The minimum atomic E-state index is 0.768. The van der Waals surface area contributed by atoms with Crippen LogP contribution in [0.4, 0.5) is 0 Å². The van der Waals surface area contributed by atoms with Crippen molar-refractivity contribution < 1.29 is 0 Å². The lowest BCUT2D eigenvalue weighted by molar-refractivity contribution is 0.229. The second-order valence-corrected chi connectivity index (χ2v) is 3.07. The van der Waals surface area contributed by atoms with Crippen LogP contribution in [0.25, 0.3) is 0 Å². The monoisotopic (exact) mass is 139 g/mol. The van der Waals surface area contributed by atoms with Gasteiger partial charge in [0.25, 0.3) is 0 Å². The summed E-state index contributed by atoms with van der Waals surface area (Å²) in [6.45, 7) is 5.64. The Kier molecular flexibility index (Phi) is 2.79. The van der Waals surface area contributed by atoms with Crippen LogP contribution in [0, 0.1) is 0 Å². The van der Waals surface area contributed by atoms with Crippen molar-refractivity contribution in [1.82, 2.24) is 4.90 Å². The molecule has 1 unspecified atom stereocenters. The summed E-state index contributed by atoms with van der Waals surface area (Å²) in [5.41, 5.74) is 0. The molecule has 10 heavy (non-hydrogen) atoms. The van der Waals surface area contributed by atoms with Gasteiger partial charge in [-0.25, -0.2) is 0 Å². The Morgan fingerprint density at radius 3 is 2.80 bits per heavy atom. The lowest BCUT2D eigenvalue weighted by Crippen LogP contribution is -2.32. The average molecular weight is 139 g/mol. The second-order valence-electron chi connectivity index (χ2n) is 3.07. The van der Waals surface area contributed by atoms with E-state index in [1.165, 1.54) is 25.8 Å². The molecule has 1 nitrogen and oxygen atoms in total. The van der Waals surface area contributed by atoms with Crippen molar-refractivity contribution in [2.75, 3.05) is 6.54 Å². The molecule has 0 aromatic rings. The summed E-state index contributed by atoms with van der Waals surface area (Å²) in [7, 11) is 0. The highest BCUT2D eigenvalue weighted by Gasteiger charge is 2.13. The molecule has 0 aromatic heterocycles. The highest BCUT2D eigenvalue weighted by molar-refractivity contribution is 4.84. The number of hydrogen-bond donors (Lipinski definition) is 0. The van der Waals surface area contributed by atoms with Crippen LogP contribution in [0.1, 0.15) is 33.1 Å². The molecule has 0 N–H and O–H groups in total. The van der Waals surface area contributed by atoms with Gasteiger partial charge in [0.2, 0.25) is 0 Å². The smallest absolute Gasteiger partial charge is 0.0256 e. The minimum Gasteiger partial charge on any atom is -0.375 e. The summed E-state index contributed by atoms with van der Waals surface area (Å²) in [4.78, 5) is 2.43. The zero-order chi connectivity index (χ0) is 7.40. The van der Waals surface area contributed by atoms with E-state index in [9.17, 15) is 0 Å². The van der Waals surface area contributed by atoms with Gasteiger partial charge < -0.3 is 4.90 Å². The lowest BCUT2D eigenvalue weighted by Gasteiger charge is -2.32. The highest BCUT2D eigenvalue weighted by atomic mass is 15.1. The molecule has 0 bridgehead atoms. The van der Waals surface area contributed by atoms with Crippen molar-refractivity contribution in [3.63, 3.8) is 0 Å². The van der Waals surface area contributed by atoms with Crippen molar-refractivity contribution in [1.29, 1.82) is 0 Å².